The van der Waals surface area contributed by atoms with Gasteiger partial charge in [-0.25, -0.2) is 4.39 Å². The number of aliphatic hydroxyl groups is 1. The van der Waals surface area contributed by atoms with Crippen molar-refractivity contribution in [3.63, 3.8) is 0 Å². The zero-order valence-electron chi connectivity index (χ0n) is 8.19. The maximum Gasteiger partial charge on any atom is 0.137 e. The summed E-state index contributed by atoms with van der Waals surface area (Å²) in [6.07, 6.45) is 0.930. The van der Waals surface area contributed by atoms with Crippen LogP contribution in [-0.2, 0) is 6.42 Å². The second-order valence-corrected chi connectivity index (χ2v) is 4.12. The average molecular weight is 286 g/mol. The molecule has 0 aliphatic heterocycles. The summed E-state index contributed by atoms with van der Waals surface area (Å²) in [5.41, 5.74) is 1.13. The number of nitrogens with zero attached hydrogens (tertiary/aromatic N) is 2. The molecule has 2 aromatic rings. The van der Waals surface area contributed by atoms with Crippen molar-refractivity contribution in [1.29, 1.82) is 0 Å². The monoisotopic (exact) mass is 285 g/mol. The van der Waals surface area contributed by atoms with Crippen molar-refractivity contribution < 1.29 is 9.50 Å². The highest BCUT2D eigenvalue weighted by atomic mass is 79.9. The Morgan fingerprint density at radius 2 is 2.31 bits per heavy atom. The molecule has 0 saturated carbocycles. The first kappa shape index (κ1) is 11.2. The van der Waals surface area contributed by atoms with Crippen molar-refractivity contribution in [1.82, 2.24) is 15.4 Å². The number of benzene rings is 1. The molecule has 0 aliphatic carbocycles. The number of halogens is 2. The van der Waals surface area contributed by atoms with Crippen LogP contribution in [0.1, 0.15) is 17.4 Å². The minimum Gasteiger partial charge on any atom is -0.386 e. The topological polar surface area (TPSA) is 61.8 Å². The lowest BCUT2D eigenvalue weighted by Gasteiger charge is -2.09. The summed E-state index contributed by atoms with van der Waals surface area (Å²) < 4.78 is 13.6. The molecule has 16 heavy (non-hydrogen) atoms. The Balaban J connectivity index is 2.18. The van der Waals surface area contributed by atoms with Crippen LogP contribution < -0.4 is 0 Å². The predicted octanol–water partition coefficient (Wildman–Crippen LogP) is 1.98. The van der Waals surface area contributed by atoms with Gasteiger partial charge in [0.2, 0.25) is 0 Å². The number of rotatable bonds is 3. The third-order valence-electron chi connectivity index (χ3n) is 2.22. The Morgan fingerprint density at radius 1 is 1.50 bits per heavy atom. The molecule has 0 radical (unpaired) electrons. The van der Waals surface area contributed by atoms with Crippen LogP contribution in [0.15, 0.2) is 28.9 Å². The summed E-state index contributed by atoms with van der Waals surface area (Å²) >= 11 is 3.14. The molecule has 84 valence electrons. The number of hydrogen-bond donors (Lipinski definition) is 2. The quantitative estimate of drug-likeness (QED) is 0.907. The van der Waals surface area contributed by atoms with Crippen molar-refractivity contribution >= 4 is 15.9 Å². The zero-order chi connectivity index (χ0) is 11.5. The first-order chi connectivity index (χ1) is 7.68. The molecule has 1 heterocycles. The molecule has 1 aromatic carbocycles. The van der Waals surface area contributed by atoms with E-state index in [0.29, 0.717) is 15.7 Å². The van der Waals surface area contributed by atoms with Crippen LogP contribution in [0, 0.1) is 5.82 Å². The van der Waals surface area contributed by atoms with E-state index in [1.165, 1.54) is 12.3 Å². The second kappa shape index (κ2) is 4.71. The van der Waals surface area contributed by atoms with E-state index in [1.807, 2.05) is 0 Å². The van der Waals surface area contributed by atoms with Crippen LogP contribution in [0.2, 0.25) is 0 Å². The van der Waals surface area contributed by atoms with Crippen LogP contribution in [0.4, 0.5) is 4.39 Å². The summed E-state index contributed by atoms with van der Waals surface area (Å²) in [4.78, 5) is 0. The van der Waals surface area contributed by atoms with E-state index >= 15 is 0 Å². The largest absolute Gasteiger partial charge is 0.386 e. The highest BCUT2D eigenvalue weighted by Crippen LogP contribution is 2.24. The van der Waals surface area contributed by atoms with E-state index in [2.05, 4.69) is 31.3 Å². The van der Waals surface area contributed by atoms with Crippen molar-refractivity contribution in [2.75, 3.05) is 0 Å². The normalized spacial score (nSPS) is 12.7. The molecule has 2 N–H and O–H groups in total. The summed E-state index contributed by atoms with van der Waals surface area (Å²) in [6.45, 7) is 0. The maximum atomic E-state index is 13.2. The second-order valence-electron chi connectivity index (χ2n) is 3.33. The van der Waals surface area contributed by atoms with E-state index < -0.39 is 6.10 Å². The SMILES string of the molecule is OC(Cc1cccc(F)c1Br)c1cn[nH]n1. The van der Waals surface area contributed by atoms with Gasteiger partial charge in [-0.3, -0.25) is 0 Å². The lowest BCUT2D eigenvalue weighted by atomic mass is 10.1. The molecule has 0 spiro atoms. The third-order valence-corrected chi connectivity index (χ3v) is 3.11. The van der Waals surface area contributed by atoms with Crippen LogP contribution in [0.3, 0.4) is 0 Å². The van der Waals surface area contributed by atoms with E-state index in [4.69, 9.17) is 0 Å². The molecule has 1 unspecified atom stereocenters. The Hall–Kier alpha value is -1.27. The van der Waals surface area contributed by atoms with Crippen LogP contribution in [0.5, 0.6) is 0 Å². The molecule has 0 fully saturated rings. The Morgan fingerprint density at radius 3 is 3.00 bits per heavy atom. The number of aromatic nitrogens is 3. The first-order valence-electron chi connectivity index (χ1n) is 4.65. The van der Waals surface area contributed by atoms with E-state index in [-0.39, 0.29) is 12.2 Å². The van der Waals surface area contributed by atoms with Crippen LogP contribution in [-0.4, -0.2) is 20.5 Å². The third kappa shape index (κ3) is 2.28. The van der Waals surface area contributed by atoms with Gasteiger partial charge in [-0.1, -0.05) is 12.1 Å². The number of aliphatic hydroxyl groups excluding tert-OH is 1. The molecule has 4 nitrogen and oxygen atoms in total. The van der Waals surface area contributed by atoms with Crippen molar-refractivity contribution in [3.05, 3.63) is 45.9 Å². The average Bonchev–Trinajstić information content (AvgIpc) is 2.78. The molecule has 1 aromatic heterocycles. The highest BCUT2D eigenvalue weighted by Gasteiger charge is 2.14. The molecule has 0 aliphatic rings. The molecule has 0 amide bonds. The van der Waals surface area contributed by atoms with Crippen molar-refractivity contribution in [2.45, 2.75) is 12.5 Å². The molecule has 6 heteroatoms. The van der Waals surface area contributed by atoms with Gasteiger partial charge in [-0.05, 0) is 27.6 Å². The molecule has 0 bridgehead atoms. The summed E-state index contributed by atoms with van der Waals surface area (Å²) in [5.74, 6) is -0.343. The van der Waals surface area contributed by atoms with Gasteiger partial charge in [0.15, 0.2) is 0 Å². The Labute approximate surface area is 99.6 Å². The summed E-state index contributed by atoms with van der Waals surface area (Å²) in [5, 5.41) is 19.6. The molecular weight excluding hydrogens is 277 g/mol. The van der Waals surface area contributed by atoms with Crippen molar-refractivity contribution in [3.8, 4) is 0 Å². The number of hydrogen-bond acceptors (Lipinski definition) is 3. The van der Waals surface area contributed by atoms with Gasteiger partial charge in [-0.15, -0.1) is 0 Å². The van der Waals surface area contributed by atoms with Crippen molar-refractivity contribution in [2.24, 2.45) is 0 Å². The smallest absolute Gasteiger partial charge is 0.137 e. The van der Waals surface area contributed by atoms with Crippen LogP contribution in [0.25, 0.3) is 0 Å². The van der Waals surface area contributed by atoms with Gasteiger partial charge in [0.1, 0.15) is 17.6 Å². The maximum absolute atomic E-state index is 13.2. The van der Waals surface area contributed by atoms with Crippen LogP contribution >= 0.6 is 15.9 Å². The lowest BCUT2D eigenvalue weighted by molar-refractivity contribution is 0.173. The van der Waals surface area contributed by atoms with E-state index in [1.54, 1.807) is 12.1 Å². The number of aromatic amines is 1. The Bertz CT molecular complexity index is 475. The standard InChI is InChI=1S/C10H9BrFN3O/c11-10-6(2-1-3-7(10)12)4-9(16)8-5-13-15-14-8/h1-3,5,9,16H,4H2,(H,13,14,15). The van der Waals surface area contributed by atoms with Gasteiger partial charge >= 0.3 is 0 Å². The van der Waals surface area contributed by atoms with E-state index in [0.717, 1.165) is 0 Å². The fraction of sp³-hybridized carbons (Fsp3) is 0.200. The zero-order valence-corrected chi connectivity index (χ0v) is 9.78. The molecule has 2 rings (SSSR count). The molecular formula is C10H9BrFN3O. The minimum atomic E-state index is -0.795. The van der Waals surface area contributed by atoms with Gasteiger partial charge in [0.25, 0.3) is 0 Å². The lowest BCUT2D eigenvalue weighted by Crippen LogP contribution is -2.03. The first-order valence-corrected chi connectivity index (χ1v) is 5.44. The number of H-pyrrole nitrogens is 1. The summed E-state index contributed by atoms with van der Waals surface area (Å²) in [7, 11) is 0. The predicted molar refractivity (Wildman–Crippen MR) is 59.1 cm³/mol. The Kier molecular flexibility index (Phi) is 3.31. The number of nitrogens with one attached hydrogen (secondary N) is 1. The molecule has 0 saturated heterocycles. The fourth-order valence-corrected chi connectivity index (χ4v) is 1.82. The summed E-state index contributed by atoms with van der Waals surface area (Å²) in [6, 6.07) is 4.71. The van der Waals surface area contributed by atoms with Gasteiger partial charge in [0.05, 0.1) is 10.7 Å². The minimum absolute atomic E-state index is 0.283. The highest BCUT2D eigenvalue weighted by molar-refractivity contribution is 9.10. The molecule has 1 atom stereocenters. The van der Waals surface area contributed by atoms with E-state index in [9.17, 15) is 9.50 Å². The van der Waals surface area contributed by atoms with Gasteiger partial charge in [0, 0.05) is 6.42 Å². The van der Waals surface area contributed by atoms with Gasteiger partial charge < -0.3 is 5.11 Å². The fourth-order valence-electron chi connectivity index (χ4n) is 1.39. The van der Waals surface area contributed by atoms with Gasteiger partial charge in [-0.2, -0.15) is 15.4 Å².